The molecule has 0 bridgehead atoms. The summed E-state index contributed by atoms with van der Waals surface area (Å²) in [4.78, 5) is 0.108. The van der Waals surface area contributed by atoms with Crippen molar-refractivity contribution >= 4 is 21.6 Å². The smallest absolute Gasteiger partial charge is 0.242 e. The molecule has 1 N–H and O–H groups in total. The van der Waals surface area contributed by atoms with Gasteiger partial charge in [0.1, 0.15) is 4.90 Å². The molecule has 0 saturated carbocycles. The van der Waals surface area contributed by atoms with Crippen LogP contribution in [0, 0.1) is 0 Å². The number of nitrogens with one attached hydrogen (secondary N) is 1. The molecule has 1 fully saturated rings. The Hall–Kier alpha value is -0.620. The summed E-state index contributed by atoms with van der Waals surface area (Å²) >= 11 is 5.90. The Morgan fingerprint density at radius 1 is 1.44 bits per heavy atom. The number of ether oxygens (including phenoxy) is 1. The third-order valence-electron chi connectivity index (χ3n) is 2.99. The molecule has 0 spiro atoms. The molecule has 100 valence electrons. The third kappa shape index (κ3) is 3.03. The maximum Gasteiger partial charge on any atom is 0.242 e. The average Bonchev–Trinajstić information content (AvgIpc) is 2.82. The van der Waals surface area contributed by atoms with Crippen LogP contribution in [0.4, 0.5) is 0 Å². The first-order valence-corrected chi connectivity index (χ1v) is 7.75. The monoisotopic (exact) mass is 289 g/mol. The van der Waals surface area contributed by atoms with Crippen molar-refractivity contribution in [3.8, 4) is 0 Å². The minimum absolute atomic E-state index is 0.0535. The van der Waals surface area contributed by atoms with Crippen molar-refractivity contribution in [2.24, 2.45) is 0 Å². The van der Waals surface area contributed by atoms with E-state index in [0.717, 1.165) is 12.8 Å². The van der Waals surface area contributed by atoms with Gasteiger partial charge in [0.2, 0.25) is 10.0 Å². The van der Waals surface area contributed by atoms with Crippen molar-refractivity contribution in [3.05, 3.63) is 29.3 Å². The minimum Gasteiger partial charge on any atom is -0.377 e. The van der Waals surface area contributed by atoms with Gasteiger partial charge in [0.25, 0.3) is 0 Å². The van der Waals surface area contributed by atoms with E-state index >= 15 is 0 Å². The molecule has 0 amide bonds. The molecule has 1 aromatic rings. The minimum atomic E-state index is -3.59. The van der Waals surface area contributed by atoms with E-state index in [0.29, 0.717) is 6.61 Å². The Bertz CT molecular complexity index is 512. The molecule has 1 heterocycles. The molecule has 1 aliphatic heterocycles. The van der Waals surface area contributed by atoms with Crippen molar-refractivity contribution in [1.82, 2.24) is 4.72 Å². The fraction of sp³-hybridized carbons (Fsp3) is 0.500. The summed E-state index contributed by atoms with van der Waals surface area (Å²) < 4.78 is 32.4. The van der Waals surface area contributed by atoms with E-state index in [1.807, 2.05) is 6.92 Å². The molecule has 1 saturated heterocycles. The first kappa shape index (κ1) is 13.8. The Morgan fingerprint density at radius 2 is 2.17 bits per heavy atom. The number of halogens is 1. The van der Waals surface area contributed by atoms with Crippen molar-refractivity contribution < 1.29 is 13.2 Å². The van der Waals surface area contributed by atoms with Crippen molar-refractivity contribution in [1.29, 1.82) is 0 Å². The van der Waals surface area contributed by atoms with Crippen LogP contribution in [0.25, 0.3) is 0 Å². The molecule has 6 heteroatoms. The van der Waals surface area contributed by atoms with Gasteiger partial charge in [-0.3, -0.25) is 0 Å². The summed E-state index contributed by atoms with van der Waals surface area (Å²) in [5.74, 6) is 0. The number of hydrogen-bond donors (Lipinski definition) is 1. The molecule has 0 aromatic heterocycles. The van der Waals surface area contributed by atoms with Gasteiger partial charge in [-0.2, -0.15) is 0 Å². The second-order valence-electron chi connectivity index (χ2n) is 4.39. The maximum absolute atomic E-state index is 12.2. The Morgan fingerprint density at radius 3 is 2.78 bits per heavy atom. The third-order valence-corrected chi connectivity index (χ3v) is 5.05. The molecule has 18 heavy (non-hydrogen) atoms. The van der Waals surface area contributed by atoms with Crippen molar-refractivity contribution in [2.45, 2.75) is 36.8 Å². The largest absolute Gasteiger partial charge is 0.377 e. The van der Waals surface area contributed by atoms with Gasteiger partial charge in [-0.1, -0.05) is 23.7 Å². The highest BCUT2D eigenvalue weighted by Crippen LogP contribution is 2.22. The predicted molar refractivity (Wildman–Crippen MR) is 70.2 cm³/mol. The summed E-state index contributed by atoms with van der Waals surface area (Å²) in [6.45, 7) is 2.51. The van der Waals surface area contributed by atoms with Crippen LogP contribution in [0.1, 0.15) is 19.8 Å². The number of sulfonamides is 1. The van der Waals surface area contributed by atoms with Crippen LogP contribution in [-0.2, 0) is 14.8 Å². The predicted octanol–water partition coefficient (Wildman–Crippen LogP) is 2.19. The number of benzene rings is 1. The fourth-order valence-electron chi connectivity index (χ4n) is 2.04. The topological polar surface area (TPSA) is 55.4 Å². The molecule has 2 rings (SSSR count). The molecule has 2 atom stereocenters. The van der Waals surface area contributed by atoms with Crippen LogP contribution >= 0.6 is 11.6 Å². The molecule has 4 nitrogen and oxygen atoms in total. The summed E-state index contributed by atoms with van der Waals surface area (Å²) in [6.07, 6.45) is 1.80. The SMILES string of the molecule is CC(NS(=O)(=O)c1ccccc1Cl)C1CCCO1. The highest BCUT2D eigenvalue weighted by molar-refractivity contribution is 7.89. The summed E-state index contributed by atoms with van der Waals surface area (Å²) in [5.41, 5.74) is 0. The lowest BCUT2D eigenvalue weighted by atomic mass is 10.1. The van der Waals surface area contributed by atoms with Crippen molar-refractivity contribution in [3.63, 3.8) is 0 Å². The van der Waals surface area contributed by atoms with E-state index in [-0.39, 0.29) is 22.1 Å². The Balaban J connectivity index is 2.14. The average molecular weight is 290 g/mol. The van der Waals surface area contributed by atoms with Crippen molar-refractivity contribution in [2.75, 3.05) is 6.61 Å². The lowest BCUT2D eigenvalue weighted by Gasteiger charge is -2.20. The molecular formula is C12H16ClNO3S. The Labute approximate surface area is 112 Å². The van der Waals surface area contributed by atoms with Crippen LogP contribution in [0.2, 0.25) is 5.02 Å². The zero-order valence-corrected chi connectivity index (χ0v) is 11.7. The van der Waals surface area contributed by atoms with E-state index in [2.05, 4.69) is 4.72 Å². The van der Waals surface area contributed by atoms with Gasteiger partial charge in [-0.05, 0) is 31.9 Å². The quantitative estimate of drug-likeness (QED) is 0.924. The van der Waals surface area contributed by atoms with Gasteiger partial charge in [-0.15, -0.1) is 0 Å². The van der Waals surface area contributed by atoms with E-state index in [9.17, 15) is 8.42 Å². The zero-order chi connectivity index (χ0) is 13.2. The molecular weight excluding hydrogens is 274 g/mol. The molecule has 1 aromatic carbocycles. The van der Waals surface area contributed by atoms with Crippen LogP contribution in [0.5, 0.6) is 0 Å². The molecule has 2 unspecified atom stereocenters. The molecule has 1 aliphatic rings. The summed E-state index contributed by atoms with van der Waals surface area (Å²) in [7, 11) is -3.59. The van der Waals surface area contributed by atoms with E-state index < -0.39 is 10.0 Å². The second kappa shape index (κ2) is 5.57. The summed E-state index contributed by atoms with van der Waals surface area (Å²) in [6, 6.07) is 6.15. The maximum atomic E-state index is 12.2. The molecule has 0 aliphatic carbocycles. The first-order valence-electron chi connectivity index (χ1n) is 5.89. The van der Waals surface area contributed by atoms with E-state index in [1.54, 1.807) is 18.2 Å². The van der Waals surface area contributed by atoms with Crippen LogP contribution < -0.4 is 4.72 Å². The van der Waals surface area contributed by atoms with Gasteiger partial charge in [0, 0.05) is 12.6 Å². The van der Waals surface area contributed by atoms with Gasteiger partial charge >= 0.3 is 0 Å². The van der Waals surface area contributed by atoms with E-state index in [4.69, 9.17) is 16.3 Å². The normalized spacial score (nSPS) is 22.0. The number of rotatable bonds is 4. The highest BCUT2D eigenvalue weighted by atomic mass is 35.5. The van der Waals surface area contributed by atoms with Crippen LogP contribution in [0.3, 0.4) is 0 Å². The standard InChI is InChI=1S/C12H16ClNO3S/c1-9(11-6-4-8-17-11)14-18(15,16)12-7-3-2-5-10(12)13/h2-3,5,7,9,11,14H,4,6,8H2,1H3. The van der Waals surface area contributed by atoms with Gasteiger partial charge in [0.15, 0.2) is 0 Å². The lowest BCUT2D eigenvalue weighted by molar-refractivity contribution is 0.0902. The van der Waals surface area contributed by atoms with Gasteiger partial charge in [-0.25, -0.2) is 13.1 Å². The zero-order valence-electron chi connectivity index (χ0n) is 10.1. The second-order valence-corrected chi connectivity index (χ2v) is 6.48. The van der Waals surface area contributed by atoms with Crippen LogP contribution in [0.15, 0.2) is 29.2 Å². The Kier molecular flexibility index (Phi) is 4.27. The number of hydrogen-bond acceptors (Lipinski definition) is 3. The van der Waals surface area contributed by atoms with Crippen LogP contribution in [-0.4, -0.2) is 27.2 Å². The molecule has 0 radical (unpaired) electrons. The van der Waals surface area contributed by atoms with Gasteiger partial charge < -0.3 is 4.74 Å². The van der Waals surface area contributed by atoms with Gasteiger partial charge in [0.05, 0.1) is 11.1 Å². The fourth-order valence-corrected chi connectivity index (χ4v) is 3.83. The summed E-state index contributed by atoms with van der Waals surface area (Å²) in [5, 5.41) is 0.226. The first-order chi connectivity index (χ1) is 8.50. The lowest BCUT2D eigenvalue weighted by Crippen LogP contribution is -2.40. The van der Waals surface area contributed by atoms with E-state index in [1.165, 1.54) is 6.07 Å². The highest BCUT2D eigenvalue weighted by Gasteiger charge is 2.27.